The van der Waals surface area contributed by atoms with Gasteiger partial charge in [0.2, 0.25) is 0 Å². The smallest absolute Gasteiger partial charge is 0.338 e. The predicted octanol–water partition coefficient (Wildman–Crippen LogP) is 1.14. The van der Waals surface area contributed by atoms with Gasteiger partial charge in [0, 0.05) is 21.1 Å². The number of carbonyl (C=O) groups is 1. The standard InChI is InChI=1S/C10H12O3.W/c1-8-4-2-3-5-9(8)10(12)13-7-6-11;/h2-5,11H,6-7H2,1H3;. The molecule has 0 aliphatic heterocycles. The van der Waals surface area contributed by atoms with Crippen LogP contribution in [0.3, 0.4) is 0 Å². The van der Waals surface area contributed by atoms with E-state index in [1.54, 1.807) is 12.1 Å². The number of aliphatic hydroxyl groups excluding tert-OH is 1. The van der Waals surface area contributed by atoms with Gasteiger partial charge < -0.3 is 9.84 Å². The Bertz CT molecular complexity index is 299. The van der Waals surface area contributed by atoms with Crippen LogP contribution in [0.15, 0.2) is 24.3 Å². The summed E-state index contributed by atoms with van der Waals surface area (Å²) in [5.74, 6) is -0.382. The number of hydrogen-bond donors (Lipinski definition) is 1. The Morgan fingerprint density at radius 2 is 2.07 bits per heavy atom. The minimum atomic E-state index is -0.382. The second-order valence-electron chi connectivity index (χ2n) is 2.67. The molecule has 0 amide bonds. The van der Waals surface area contributed by atoms with Crippen LogP contribution in [0.5, 0.6) is 0 Å². The van der Waals surface area contributed by atoms with Crippen LogP contribution in [-0.2, 0) is 25.8 Å². The number of aryl methyl sites for hydroxylation is 1. The van der Waals surface area contributed by atoms with Gasteiger partial charge in [-0.05, 0) is 18.6 Å². The molecule has 0 unspecified atom stereocenters. The number of benzene rings is 1. The van der Waals surface area contributed by atoms with Crippen molar-refractivity contribution in [1.29, 1.82) is 0 Å². The van der Waals surface area contributed by atoms with Crippen molar-refractivity contribution < 1.29 is 35.7 Å². The van der Waals surface area contributed by atoms with E-state index in [0.29, 0.717) is 5.56 Å². The van der Waals surface area contributed by atoms with Crippen LogP contribution in [0.2, 0.25) is 0 Å². The average molecular weight is 364 g/mol. The minimum absolute atomic E-state index is 0. The Hall–Kier alpha value is -0.662. The molecular formula is C10H12O3W. The van der Waals surface area contributed by atoms with Crippen molar-refractivity contribution in [1.82, 2.24) is 0 Å². The van der Waals surface area contributed by atoms with Gasteiger partial charge in [-0.1, -0.05) is 18.2 Å². The Morgan fingerprint density at radius 3 is 2.64 bits per heavy atom. The molecule has 0 aliphatic carbocycles. The maximum atomic E-state index is 11.3. The van der Waals surface area contributed by atoms with Crippen LogP contribution in [-0.4, -0.2) is 24.3 Å². The maximum absolute atomic E-state index is 11.3. The Labute approximate surface area is 97.3 Å². The monoisotopic (exact) mass is 364 g/mol. The first kappa shape index (κ1) is 13.3. The van der Waals surface area contributed by atoms with Crippen molar-refractivity contribution in [3.8, 4) is 0 Å². The molecule has 0 bridgehead atoms. The molecule has 0 atom stereocenters. The SMILES string of the molecule is Cc1ccccc1C(=O)OCCO.[W]. The Morgan fingerprint density at radius 1 is 1.43 bits per heavy atom. The van der Waals surface area contributed by atoms with Gasteiger partial charge in [0.1, 0.15) is 6.61 Å². The summed E-state index contributed by atoms with van der Waals surface area (Å²) in [6.45, 7) is 1.75. The van der Waals surface area contributed by atoms with Crippen molar-refractivity contribution >= 4 is 5.97 Å². The topological polar surface area (TPSA) is 46.5 Å². The third-order valence-electron chi connectivity index (χ3n) is 1.69. The summed E-state index contributed by atoms with van der Waals surface area (Å²) >= 11 is 0. The summed E-state index contributed by atoms with van der Waals surface area (Å²) < 4.78 is 4.77. The first-order valence-electron chi connectivity index (χ1n) is 4.09. The van der Waals surface area contributed by atoms with E-state index in [4.69, 9.17) is 9.84 Å². The summed E-state index contributed by atoms with van der Waals surface area (Å²) in [7, 11) is 0. The van der Waals surface area contributed by atoms with Gasteiger partial charge in [-0.15, -0.1) is 0 Å². The third kappa shape index (κ3) is 3.60. The fourth-order valence-corrected chi connectivity index (χ4v) is 1.02. The van der Waals surface area contributed by atoms with Gasteiger partial charge in [0.15, 0.2) is 0 Å². The molecule has 76 valence electrons. The predicted molar refractivity (Wildman–Crippen MR) is 48.5 cm³/mol. The van der Waals surface area contributed by atoms with Crippen molar-refractivity contribution in [3.63, 3.8) is 0 Å². The quantitative estimate of drug-likeness (QED) is 0.819. The van der Waals surface area contributed by atoms with Gasteiger partial charge >= 0.3 is 5.97 Å². The van der Waals surface area contributed by atoms with Crippen LogP contribution < -0.4 is 0 Å². The number of carbonyl (C=O) groups excluding carboxylic acids is 1. The van der Waals surface area contributed by atoms with Crippen LogP contribution in [0, 0.1) is 6.92 Å². The number of rotatable bonds is 3. The van der Waals surface area contributed by atoms with Crippen molar-refractivity contribution in [2.45, 2.75) is 6.92 Å². The summed E-state index contributed by atoms with van der Waals surface area (Å²) in [5, 5.41) is 8.45. The van der Waals surface area contributed by atoms with Crippen LogP contribution in [0.1, 0.15) is 15.9 Å². The molecule has 0 heterocycles. The summed E-state index contributed by atoms with van der Waals surface area (Å²) in [6, 6.07) is 7.19. The van der Waals surface area contributed by atoms with Gasteiger partial charge in [0.05, 0.1) is 12.2 Å². The minimum Gasteiger partial charge on any atom is -0.460 e. The Balaban J connectivity index is 0.00000169. The van der Waals surface area contributed by atoms with Crippen molar-refractivity contribution in [2.75, 3.05) is 13.2 Å². The molecule has 0 radical (unpaired) electrons. The molecule has 14 heavy (non-hydrogen) atoms. The van der Waals surface area contributed by atoms with E-state index >= 15 is 0 Å². The fraction of sp³-hybridized carbons (Fsp3) is 0.300. The van der Waals surface area contributed by atoms with E-state index in [9.17, 15) is 4.79 Å². The molecule has 1 N–H and O–H groups in total. The van der Waals surface area contributed by atoms with Gasteiger partial charge in [-0.2, -0.15) is 0 Å². The fourth-order valence-electron chi connectivity index (χ4n) is 1.02. The molecule has 0 spiro atoms. The molecule has 0 saturated carbocycles. The van der Waals surface area contributed by atoms with E-state index in [0.717, 1.165) is 5.56 Å². The zero-order valence-corrected chi connectivity index (χ0v) is 10.8. The molecule has 1 aromatic rings. The first-order chi connectivity index (χ1) is 6.25. The second-order valence-corrected chi connectivity index (χ2v) is 2.67. The summed E-state index contributed by atoms with van der Waals surface area (Å²) in [6.07, 6.45) is 0. The van der Waals surface area contributed by atoms with E-state index in [2.05, 4.69) is 0 Å². The molecule has 1 aromatic carbocycles. The number of ether oxygens (including phenoxy) is 1. The third-order valence-corrected chi connectivity index (χ3v) is 1.69. The zero-order chi connectivity index (χ0) is 9.68. The normalized spacial score (nSPS) is 9.00. The summed E-state index contributed by atoms with van der Waals surface area (Å²) in [5.41, 5.74) is 1.43. The molecule has 3 nitrogen and oxygen atoms in total. The number of aliphatic hydroxyl groups is 1. The van der Waals surface area contributed by atoms with Gasteiger partial charge in [-0.25, -0.2) is 4.79 Å². The van der Waals surface area contributed by atoms with Crippen LogP contribution in [0.4, 0.5) is 0 Å². The molecule has 0 aromatic heterocycles. The number of hydrogen-bond acceptors (Lipinski definition) is 3. The van der Waals surface area contributed by atoms with E-state index in [1.165, 1.54) is 0 Å². The Kier molecular flexibility index (Phi) is 6.42. The van der Waals surface area contributed by atoms with E-state index in [1.807, 2.05) is 19.1 Å². The molecule has 1 rings (SSSR count). The molecular weight excluding hydrogens is 352 g/mol. The van der Waals surface area contributed by atoms with Crippen molar-refractivity contribution in [3.05, 3.63) is 35.4 Å². The second kappa shape index (κ2) is 6.74. The average Bonchev–Trinajstić information content (AvgIpc) is 2.15. The first-order valence-corrected chi connectivity index (χ1v) is 4.09. The van der Waals surface area contributed by atoms with Gasteiger partial charge in [0.25, 0.3) is 0 Å². The maximum Gasteiger partial charge on any atom is 0.338 e. The van der Waals surface area contributed by atoms with Crippen LogP contribution >= 0.6 is 0 Å². The molecule has 0 saturated heterocycles. The van der Waals surface area contributed by atoms with Crippen LogP contribution in [0.25, 0.3) is 0 Å². The zero-order valence-electron chi connectivity index (χ0n) is 7.90. The van der Waals surface area contributed by atoms with E-state index < -0.39 is 0 Å². The molecule has 0 aliphatic rings. The largest absolute Gasteiger partial charge is 0.460 e. The molecule has 4 heteroatoms. The van der Waals surface area contributed by atoms with Gasteiger partial charge in [-0.3, -0.25) is 0 Å². The van der Waals surface area contributed by atoms with E-state index in [-0.39, 0.29) is 40.2 Å². The summed E-state index contributed by atoms with van der Waals surface area (Å²) in [4.78, 5) is 11.3. The molecule has 0 fully saturated rings. The number of esters is 1. The van der Waals surface area contributed by atoms with Crippen molar-refractivity contribution in [2.24, 2.45) is 0 Å².